The number of aromatic nitrogens is 2. The Labute approximate surface area is 199 Å². The van der Waals surface area contributed by atoms with E-state index in [1.165, 1.54) is 27.2 Å². The number of nitrogen functional groups attached to an aromatic ring is 1. The summed E-state index contributed by atoms with van der Waals surface area (Å²) < 4.78 is 50.6. The fraction of sp³-hybridized carbons (Fsp3) is 0.348. The van der Waals surface area contributed by atoms with E-state index < -0.39 is 11.7 Å². The molecule has 0 radical (unpaired) electrons. The zero-order valence-electron chi connectivity index (χ0n) is 19.4. The molecule has 1 fully saturated rings. The predicted octanol–water partition coefficient (Wildman–Crippen LogP) is 3.71. The fourth-order valence-electron chi connectivity index (χ4n) is 4.11. The molecule has 0 unspecified atom stereocenters. The molecule has 0 saturated carbocycles. The molecule has 1 atom stereocenters. The standard InChI is InChI=1S/C23H25F3N6O3/c1-12(33)28-15-4-5-32(11-15)21-17-9-19(34-2)20(35-3)10-18(17)30-22(31-21)29-16-7-13(23(24,25)26)6-14(27)8-16/h6-10,15H,4-5,11,27H2,1-3H3,(H,28,33)(H,29,30,31)/t15-/m0/s1. The van der Waals surface area contributed by atoms with E-state index in [2.05, 4.69) is 20.6 Å². The van der Waals surface area contributed by atoms with E-state index in [1.807, 2.05) is 4.90 Å². The van der Waals surface area contributed by atoms with Gasteiger partial charge in [0.2, 0.25) is 11.9 Å². The summed E-state index contributed by atoms with van der Waals surface area (Å²) in [6.45, 7) is 2.58. The van der Waals surface area contributed by atoms with Crippen LogP contribution in [0.25, 0.3) is 10.9 Å². The Bertz CT molecular complexity index is 1270. The maximum atomic E-state index is 13.3. The first-order valence-electron chi connectivity index (χ1n) is 10.8. The number of carbonyl (C=O) groups excluding carboxylic acids is 1. The predicted molar refractivity (Wildman–Crippen MR) is 126 cm³/mol. The number of ether oxygens (including phenoxy) is 2. The Morgan fingerprint density at radius 1 is 1.11 bits per heavy atom. The van der Waals surface area contributed by atoms with Crippen molar-refractivity contribution in [1.82, 2.24) is 15.3 Å². The highest BCUT2D eigenvalue weighted by atomic mass is 19.4. The lowest BCUT2D eigenvalue weighted by Gasteiger charge is -2.21. The fourth-order valence-corrected chi connectivity index (χ4v) is 4.11. The molecule has 0 spiro atoms. The van der Waals surface area contributed by atoms with Crippen LogP contribution in [-0.2, 0) is 11.0 Å². The minimum Gasteiger partial charge on any atom is -0.493 e. The van der Waals surface area contributed by atoms with Crippen molar-refractivity contribution < 1.29 is 27.4 Å². The van der Waals surface area contributed by atoms with Crippen LogP contribution in [0.4, 0.5) is 36.3 Å². The maximum absolute atomic E-state index is 13.3. The highest BCUT2D eigenvalue weighted by Gasteiger charge is 2.31. The van der Waals surface area contributed by atoms with Crippen LogP contribution in [0.2, 0.25) is 0 Å². The van der Waals surface area contributed by atoms with Crippen LogP contribution in [0, 0.1) is 0 Å². The summed E-state index contributed by atoms with van der Waals surface area (Å²) in [6.07, 6.45) is -3.84. The second kappa shape index (κ2) is 9.35. The van der Waals surface area contributed by atoms with Gasteiger partial charge in [-0.25, -0.2) is 4.98 Å². The molecule has 4 N–H and O–H groups in total. The number of benzene rings is 2. The van der Waals surface area contributed by atoms with Gasteiger partial charge in [-0.1, -0.05) is 0 Å². The number of amides is 1. The number of nitrogens with one attached hydrogen (secondary N) is 2. The van der Waals surface area contributed by atoms with Crippen molar-refractivity contribution in [3.8, 4) is 11.5 Å². The van der Waals surface area contributed by atoms with Gasteiger partial charge in [-0.05, 0) is 30.7 Å². The molecule has 4 rings (SSSR count). The van der Waals surface area contributed by atoms with Gasteiger partial charge in [0.15, 0.2) is 11.5 Å². The lowest BCUT2D eigenvalue weighted by Crippen LogP contribution is -2.35. The SMILES string of the molecule is COc1cc2nc(Nc3cc(N)cc(C(F)(F)F)c3)nc(N3CC[C@H](NC(C)=O)C3)c2cc1OC. The molecule has 3 aromatic rings. The summed E-state index contributed by atoms with van der Waals surface area (Å²) in [6, 6.07) is 6.55. The monoisotopic (exact) mass is 490 g/mol. The Morgan fingerprint density at radius 2 is 1.83 bits per heavy atom. The minimum absolute atomic E-state index is 0.0487. The van der Waals surface area contributed by atoms with Gasteiger partial charge in [0.1, 0.15) is 5.82 Å². The van der Waals surface area contributed by atoms with Crippen LogP contribution in [0.1, 0.15) is 18.9 Å². The summed E-state index contributed by atoms with van der Waals surface area (Å²) in [4.78, 5) is 22.6. The summed E-state index contributed by atoms with van der Waals surface area (Å²) in [5, 5.41) is 6.43. The van der Waals surface area contributed by atoms with E-state index >= 15 is 0 Å². The van der Waals surface area contributed by atoms with Gasteiger partial charge in [-0.2, -0.15) is 18.2 Å². The highest BCUT2D eigenvalue weighted by Crippen LogP contribution is 2.38. The Kier molecular flexibility index (Phi) is 6.46. The van der Waals surface area contributed by atoms with E-state index in [1.54, 1.807) is 12.1 Å². The van der Waals surface area contributed by atoms with Crippen LogP contribution in [0.3, 0.4) is 0 Å². The molecule has 9 nitrogen and oxygen atoms in total. The number of hydrogen-bond acceptors (Lipinski definition) is 8. The van der Waals surface area contributed by atoms with Crippen molar-refractivity contribution in [1.29, 1.82) is 0 Å². The molecular formula is C23H25F3N6O3. The lowest BCUT2D eigenvalue weighted by atomic mass is 10.1. The number of nitrogens with two attached hydrogens (primary N) is 1. The molecular weight excluding hydrogens is 465 g/mol. The topological polar surface area (TPSA) is 115 Å². The van der Waals surface area contributed by atoms with Crippen molar-refractivity contribution in [2.24, 2.45) is 0 Å². The van der Waals surface area contributed by atoms with Crippen molar-refractivity contribution in [3.63, 3.8) is 0 Å². The van der Waals surface area contributed by atoms with Crippen molar-refractivity contribution in [2.45, 2.75) is 25.6 Å². The average Bonchev–Trinajstić information content (AvgIpc) is 3.24. The average molecular weight is 490 g/mol. The van der Waals surface area contributed by atoms with Crippen LogP contribution in [-0.4, -0.2) is 49.2 Å². The van der Waals surface area contributed by atoms with E-state index in [0.717, 1.165) is 12.1 Å². The quantitative estimate of drug-likeness (QED) is 0.448. The number of fused-ring (bicyclic) bond motifs is 1. The van der Waals surface area contributed by atoms with Gasteiger partial charge >= 0.3 is 6.18 Å². The van der Waals surface area contributed by atoms with Gasteiger partial charge in [0.25, 0.3) is 0 Å². The third-order valence-electron chi connectivity index (χ3n) is 5.61. The van der Waals surface area contributed by atoms with E-state index in [4.69, 9.17) is 15.2 Å². The molecule has 1 aliphatic heterocycles. The Balaban J connectivity index is 1.79. The first-order chi connectivity index (χ1) is 16.6. The second-order valence-electron chi connectivity index (χ2n) is 8.19. The minimum atomic E-state index is -4.56. The van der Waals surface area contributed by atoms with Crippen LogP contribution in [0.15, 0.2) is 30.3 Å². The summed E-state index contributed by atoms with van der Waals surface area (Å²) in [5.74, 6) is 1.43. The smallest absolute Gasteiger partial charge is 0.416 e. The first kappa shape index (κ1) is 24.2. The number of halogens is 3. The Morgan fingerprint density at radius 3 is 2.49 bits per heavy atom. The Hall–Kier alpha value is -3.96. The van der Waals surface area contributed by atoms with Crippen molar-refractivity contribution in [3.05, 3.63) is 35.9 Å². The van der Waals surface area contributed by atoms with E-state index in [0.29, 0.717) is 47.7 Å². The number of methoxy groups -OCH3 is 2. The molecule has 186 valence electrons. The maximum Gasteiger partial charge on any atom is 0.416 e. The first-order valence-corrected chi connectivity index (χ1v) is 10.8. The summed E-state index contributed by atoms with van der Waals surface area (Å²) in [7, 11) is 3.01. The third kappa shape index (κ3) is 5.26. The molecule has 0 aliphatic carbocycles. The number of nitrogens with zero attached hydrogens (tertiary/aromatic N) is 3. The third-order valence-corrected chi connectivity index (χ3v) is 5.61. The molecule has 1 aromatic heterocycles. The zero-order chi connectivity index (χ0) is 25.3. The largest absolute Gasteiger partial charge is 0.493 e. The molecule has 0 bridgehead atoms. The molecule has 1 saturated heterocycles. The van der Waals surface area contributed by atoms with Crippen molar-refractivity contribution in [2.75, 3.05) is 43.3 Å². The number of hydrogen-bond donors (Lipinski definition) is 3. The number of alkyl halides is 3. The van der Waals surface area contributed by atoms with Crippen LogP contribution in [0.5, 0.6) is 11.5 Å². The highest BCUT2D eigenvalue weighted by molar-refractivity contribution is 5.93. The molecule has 2 heterocycles. The van der Waals surface area contributed by atoms with Gasteiger partial charge in [0.05, 0.1) is 25.3 Å². The summed E-state index contributed by atoms with van der Waals surface area (Å²) >= 11 is 0. The van der Waals surface area contributed by atoms with E-state index in [9.17, 15) is 18.0 Å². The van der Waals surface area contributed by atoms with Gasteiger partial charge < -0.3 is 30.7 Å². The molecule has 2 aromatic carbocycles. The van der Waals surface area contributed by atoms with Crippen molar-refractivity contribution >= 4 is 40.0 Å². The molecule has 12 heteroatoms. The lowest BCUT2D eigenvalue weighted by molar-refractivity contribution is -0.137. The molecule has 1 aliphatic rings. The van der Waals surface area contributed by atoms with Crippen LogP contribution >= 0.6 is 0 Å². The van der Waals surface area contributed by atoms with Gasteiger partial charge in [0, 0.05) is 48.9 Å². The zero-order valence-corrected chi connectivity index (χ0v) is 19.4. The number of anilines is 4. The number of rotatable bonds is 6. The van der Waals surface area contributed by atoms with E-state index in [-0.39, 0.29) is 29.3 Å². The molecule has 35 heavy (non-hydrogen) atoms. The summed E-state index contributed by atoms with van der Waals surface area (Å²) in [5.41, 5.74) is 5.36. The second-order valence-corrected chi connectivity index (χ2v) is 8.19. The van der Waals surface area contributed by atoms with Crippen LogP contribution < -0.4 is 30.7 Å². The number of carbonyl (C=O) groups is 1. The van der Waals surface area contributed by atoms with Gasteiger partial charge in [-0.15, -0.1) is 0 Å². The molecule has 1 amide bonds. The van der Waals surface area contributed by atoms with Gasteiger partial charge in [-0.3, -0.25) is 4.79 Å². The normalized spacial score (nSPS) is 15.8.